The molecule has 1 aromatic rings. The number of amides is 1. The van der Waals surface area contributed by atoms with E-state index in [4.69, 9.17) is 4.74 Å². The molecule has 24 heavy (non-hydrogen) atoms. The summed E-state index contributed by atoms with van der Waals surface area (Å²) in [6.45, 7) is 6.41. The summed E-state index contributed by atoms with van der Waals surface area (Å²) in [5.41, 5.74) is 0. The predicted octanol–water partition coefficient (Wildman–Crippen LogP) is 1.77. The summed E-state index contributed by atoms with van der Waals surface area (Å²) in [4.78, 5) is 17.1. The van der Waals surface area contributed by atoms with Gasteiger partial charge in [-0.05, 0) is 51.4 Å². The number of carbonyl (C=O) groups excluding carboxylic acids is 1. The van der Waals surface area contributed by atoms with Gasteiger partial charge >= 0.3 is 0 Å². The van der Waals surface area contributed by atoms with E-state index in [0.29, 0.717) is 19.5 Å². The van der Waals surface area contributed by atoms with Crippen LogP contribution in [0.5, 0.6) is 0 Å². The summed E-state index contributed by atoms with van der Waals surface area (Å²) in [5, 5.41) is 4.24. The van der Waals surface area contributed by atoms with E-state index in [1.807, 2.05) is 21.8 Å². The maximum atomic E-state index is 12.6. The second-order valence-corrected chi connectivity index (χ2v) is 6.92. The minimum atomic E-state index is 0.0402. The van der Waals surface area contributed by atoms with Gasteiger partial charge in [-0.3, -0.25) is 9.48 Å². The molecule has 0 aliphatic carbocycles. The lowest BCUT2D eigenvalue weighted by atomic mass is 10.1. The van der Waals surface area contributed by atoms with Crippen LogP contribution in [0.4, 0.5) is 0 Å². The van der Waals surface area contributed by atoms with Crippen molar-refractivity contribution in [3.05, 3.63) is 18.5 Å². The molecule has 2 saturated heterocycles. The van der Waals surface area contributed by atoms with Gasteiger partial charge in [-0.15, -0.1) is 0 Å². The van der Waals surface area contributed by atoms with Gasteiger partial charge in [-0.2, -0.15) is 5.10 Å². The lowest BCUT2D eigenvalue weighted by molar-refractivity contribution is -0.132. The Morgan fingerprint density at radius 1 is 1.17 bits per heavy atom. The van der Waals surface area contributed by atoms with Gasteiger partial charge in [-0.1, -0.05) is 6.42 Å². The van der Waals surface area contributed by atoms with Crippen molar-refractivity contribution in [3.63, 3.8) is 0 Å². The largest absolute Gasteiger partial charge is 0.374 e. The van der Waals surface area contributed by atoms with Crippen molar-refractivity contribution in [1.82, 2.24) is 19.6 Å². The number of ether oxygens (including phenoxy) is 1. The zero-order chi connectivity index (χ0) is 16.6. The molecular formula is C18H30N4O2. The number of aromatic nitrogens is 2. The molecule has 2 aliphatic heterocycles. The topological polar surface area (TPSA) is 50.6 Å². The third kappa shape index (κ3) is 5.31. The summed E-state index contributed by atoms with van der Waals surface area (Å²) in [6, 6.07) is 1.92. The van der Waals surface area contributed by atoms with E-state index in [0.717, 1.165) is 32.5 Å². The lowest BCUT2D eigenvalue weighted by Gasteiger charge is -2.27. The van der Waals surface area contributed by atoms with Crippen LogP contribution in [0.3, 0.4) is 0 Å². The number of likely N-dealkylation sites (tertiary alicyclic amines) is 1. The Labute approximate surface area is 144 Å². The van der Waals surface area contributed by atoms with Crippen LogP contribution < -0.4 is 0 Å². The standard InChI is InChI=1S/C18H30N4O2/c23-18(7-4-11-20-9-2-1-3-10-20)21-12-6-14-24-17(15-21)16-22-13-5-8-19-22/h5,8,13,17H,1-4,6-7,9-12,14-16H2. The normalized spacial score (nSPS) is 23.2. The van der Waals surface area contributed by atoms with E-state index >= 15 is 0 Å². The van der Waals surface area contributed by atoms with Crippen LogP contribution in [0, 0.1) is 0 Å². The number of nitrogens with zero attached hydrogens (tertiary/aromatic N) is 4. The molecule has 2 aliphatic rings. The van der Waals surface area contributed by atoms with E-state index in [-0.39, 0.29) is 12.0 Å². The van der Waals surface area contributed by atoms with Crippen LogP contribution in [-0.2, 0) is 16.1 Å². The van der Waals surface area contributed by atoms with Crippen molar-refractivity contribution in [1.29, 1.82) is 0 Å². The van der Waals surface area contributed by atoms with Gasteiger partial charge < -0.3 is 14.5 Å². The Kier molecular flexibility index (Phi) is 6.66. The average molecular weight is 334 g/mol. The summed E-state index contributed by atoms with van der Waals surface area (Å²) in [7, 11) is 0. The Hall–Kier alpha value is -1.40. The van der Waals surface area contributed by atoms with Gasteiger partial charge in [0.15, 0.2) is 0 Å². The van der Waals surface area contributed by atoms with Crippen LogP contribution in [0.15, 0.2) is 18.5 Å². The van der Waals surface area contributed by atoms with E-state index < -0.39 is 0 Å². The molecule has 3 rings (SSSR count). The highest BCUT2D eigenvalue weighted by molar-refractivity contribution is 5.76. The van der Waals surface area contributed by atoms with Crippen LogP contribution in [0.2, 0.25) is 0 Å². The molecule has 1 atom stereocenters. The fourth-order valence-corrected chi connectivity index (χ4v) is 3.64. The number of rotatable bonds is 6. The molecule has 0 radical (unpaired) electrons. The quantitative estimate of drug-likeness (QED) is 0.795. The SMILES string of the molecule is O=C(CCCN1CCCCC1)N1CCCOC(Cn2cccn2)C1. The Bertz CT molecular complexity index is 485. The molecular weight excluding hydrogens is 304 g/mol. The molecule has 6 nitrogen and oxygen atoms in total. The number of hydrogen-bond donors (Lipinski definition) is 0. The first-order valence-electron chi connectivity index (χ1n) is 9.40. The highest BCUT2D eigenvalue weighted by Crippen LogP contribution is 2.12. The molecule has 0 saturated carbocycles. The smallest absolute Gasteiger partial charge is 0.222 e. The Morgan fingerprint density at radius 3 is 2.83 bits per heavy atom. The minimum Gasteiger partial charge on any atom is -0.374 e. The summed E-state index contributed by atoms with van der Waals surface area (Å²) < 4.78 is 7.78. The fraction of sp³-hybridized carbons (Fsp3) is 0.778. The first-order chi connectivity index (χ1) is 11.8. The molecule has 0 N–H and O–H groups in total. The number of carbonyl (C=O) groups is 1. The fourth-order valence-electron chi connectivity index (χ4n) is 3.64. The zero-order valence-electron chi connectivity index (χ0n) is 14.6. The number of hydrogen-bond acceptors (Lipinski definition) is 4. The van der Waals surface area contributed by atoms with Crippen LogP contribution in [0.1, 0.15) is 38.5 Å². The molecule has 1 unspecified atom stereocenters. The first-order valence-corrected chi connectivity index (χ1v) is 9.40. The first kappa shape index (κ1) is 17.4. The van der Waals surface area contributed by atoms with E-state index in [2.05, 4.69) is 10.00 Å². The third-order valence-electron chi connectivity index (χ3n) is 4.97. The Balaban J connectivity index is 1.42. The van der Waals surface area contributed by atoms with E-state index in [9.17, 15) is 4.79 Å². The zero-order valence-corrected chi connectivity index (χ0v) is 14.6. The van der Waals surface area contributed by atoms with Crippen LogP contribution in [0.25, 0.3) is 0 Å². The molecule has 3 heterocycles. The van der Waals surface area contributed by atoms with Crippen molar-refractivity contribution in [2.24, 2.45) is 0 Å². The average Bonchev–Trinajstić information content (AvgIpc) is 3.00. The van der Waals surface area contributed by atoms with Crippen molar-refractivity contribution in [2.75, 3.05) is 39.3 Å². The molecule has 0 bridgehead atoms. The van der Waals surface area contributed by atoms with E-state index in [1.54, 1.807) is 6.20 Å². The van der Waals surface area contributed by atoms with E-state index in [1.165, 1.54) is 32.4 Å². The van der Waals surface area contributed by atoms with Crippen molar-refractivity contribution < 1.29 is 9.53 Å². The monoisotopic (exact) mass is 334 g/mol. The molecule has 1 aromatic heterocycles. The van der Waals surface area contributed by atoms with Gasteiger partial charge in [0.05, 0.1) is 12.6 Å². The van der Waals surface area contributed by atoms with Gasteiger partial charge in [0.1, 0.15) is 0 Å². The maximum absolute atomic E-state index is 12.6. The minimum absolute atomic E-state index is 0.0402. The maximum Gasteiger partial charge on any atom is 0.222 e. The van der Waals surface area contributed by atoms with Crippen molar-refractivity contribution in [3.8, 4) is 0 Å². The second-order valence-electron chi connectivity index (χ2n) is 6.92. The molecule has 2 fully saturated rings. The van der Waals surface area contributed by atoms with Crippen LogP contribution >= 0.6 is 0 Å². The molecule has 0 aromatic carbocycles. The third-order valence-corrected chi connectivity index (χ3v) is 4.97. The van der Waals surface area contributed by atoms with Gasteiger partial charge in [0, 0.05) is 38.5 Å². The summed E-state index contributed by atoms with van der Waals surface area (Å²) in [6.07, 6.45) is 10.3. The van der Waals surface area contributed by atoms with Gasteiger partial charge in [0.2, 0.25) is 5.91 Å². The molecule has 134 valence electrons. The highest BCUT2D eigenvalue weighted by Gasteiger charge is 2.23. The predicted molar refractivity (Wildman–Crippen MR) is 92.7 cm³/mol. The van der Waals surface area contributed by atoms with Gasteiger partial charge in [-0.25, -0.2) is 0 Å². The lowest BCUT2D eigenvalue weighted by Crippen LogP contribution is -2.39. The van der Waals surface area contributed by atoms with Crippen molar-refractivity contribution in [2.45, 2.75) is 51.2 Å². The molecule has 0 spiro atoms. The number of piperidine rings is 1. The Morgan fingerprint density at radius 2 is 2.04 bits per heavy atom. The van der Waals surface area contributed by atoms with Crippen LogP contribution in [-0.4, -0.2) is 70.9 Å². The summed E-state index contributed by atoms with van der Waals surface area (Å²) in [5.74, 6) is 0.281. The highest BCUT2D eigenvalue weighted by atomic mass is 16.5. The second kappa shape index (κ2) is 9.18. The molecule has 1 amide bonds. The van der Waals surface area contributed by atoms with Gasteiger partial charge in [0.25, 0.3) is 0 Å². The van der Waals surface area contributed by atoms with Crippen molar-refractivity contribution >= 4 is 5.91 Å². The summed E-state index contributed by atoms with van der Waals surface area (Å²) >= 11 is 0. The molecule has 6 heteroatoms.